The van der Waals surface area contributed by atoms with Gasteiger partial charge in [0, 0.05) is 32.7 Å². The van der Waals surface area contributed by atoms with Crippen LogP contribution in [0.5, 0.6) is 0 Å². The maximum Gasteiger partial charge on any atom is 0.407 e. The molecule has 0 aromatic carbocycles. The zero-order valence-electron chi connectivity index (χ0n) is 27.1. The molecule has 0 aromatic rings. The normalized spacial score (nSPS) is 10.5. The maximum absolute atomic E-state index is 11.9. The minimum atomic E-state index is -0.723. The lowest BCUT2D eigenvalue weighted by molar-refractivity contribution is -0.155. The number of nitrogens with zero attached hydrogens (tertiary/aromatic N) is 1. The molecule has 0 aromatic heterocycles. The van der Waals surface area contributed by atoms with E-state index in [9.17, 15) is 28.8 Å². The van der Waals surface area contributed by atoms with E-state index in [1.807, 2.05) is 13.8 Å². The van der Waals surface area contributed by atoms with Crippen LogP contribution < -0.4 is 16.0 Å². The molecule has 19 heteroatoms. The summed E-state index contributed by atoms with van der Waals surface area (Å²) in [7, 11) is 1.40. The summed E-state index contributed by atoms with van der Waals surface area (Å²) in [5.41, 5.74) is -0.127. The molecular weight excluding hydrogens is 615 g/mol. The molecule has 0 fully saturated rings. The number of alkyl carbamates (subject to hydrolysis) is 3. The summed E-state index contributed by atoms with van der Waals surface area (Å²) >= 11 is 0. The second-order valence-electron chi connectivity index (χ2n) is 9.32. The SMILES string of the molecule is BC(=O)CN(CCOC(=O)COCC(=O)OCCNC(=O)OCCC)CCOC(=O)NCCOCCOCCNC(=O)OCCC. The Morgan fingerprint density at radius 1 is 0.522 bits per heavy atom. The summed E-state index contributed by atoms with van der Waals surface area (Å²) in [4.78, 5) is 71.1. The molecule has 0 atom stereocenters. The number of amides is 3. The molecule has 0 aliphatic heterocycles. The fourth-order valence-electron chi connectivity index (χ4n) is 3.07. The van der Waals surface area contributed by atoms with Crippen LogP contribution in [0.2, 0.25) is 0 Å². The number of hydrogen-bond acceptors (Lipinski definition) is 15. The first-order valence-corrected chi connectivity index (χ1v) is 15.2. The van der Waals surface area contributed by atoms with Gasteiger partial charge in [-0.1, -0.05) is 13.8 Å². The lowest BCUT2D eigenvalue weighted by Gasteiger charge is -2.20. The summed E-state index contributed by atoms with van der Waals surface area (Å²) in [5, 5.41) is 7.50. The molecule has 0 rings (SSSR count). The second-order valence-corrected chi connectivity index (χ2v) is 9.32. The fraction of sp³-hybridized carbons (Fsp3) is 0.778. The van der Waals surface area contributed by atoms with Crippen molar-refractivity contribution >= 4 is 43.7 Å². The van der Waals surface area contributed by atoms with Gasteiger partial charge >= 0.3 is 30.2 Å². The van der Waals surface area contributed by atoms with Crippen LogP contribution in [0.15, 0.2) is 0 Å². The Balaban J connectivity index is 3.88. The minimum absolute atomic E-state index is 0.0115. The Hall–Kier alpha value is -3.68. The number of hydrogen-bond donors (Lipinski definition) is 3. The van der Waals surface area contributed by atoms with Gasteiger partial charge in [0.15, 0.2) is 7.85 Å². The van der Waals surface area contributed by atoms with E-state index < -0.39 is 43.4 Å². The van der Waals surface area contributed by atoms with E-state index in [0.29, 0.717) is 39.4 Å². The molecule has 0 heterocycles. The van der Waals surface area contributed by atoms with Gasteiger partial charge < -0.3 is 58.6 Å². The highest BCUT2D eigenvalue weighted by atomic mass is 16.6. The summed E-state index contributed by atoms with van der Waals surface area (Å²) in [6.45, 7) is 5.53. The average Bonchev–Trinajstić information content (AvgIpc) is 3.01. The molecule has 0 unspecified atom stereocenters. The first-order valence-electron chi connectivity index (χ1n) is 15.2. The van der Waals surface area contributed by atoms with Gasteiger partial charge in [0.25, 0.3) is 0 Å². The zero-order valence-corrected chi connectivity index (χ0v) is 27.1. The van der Waals surface area contributed by atoms with Crippen LogP contribution in [0, 0.1) is 0 Å². The van der Waals surface area contributed by atoms with Gasteiger partial charge in [-0.3, -0.25) is 4.90 Å². The first kappa shape index (κ1) is 42.3. The molecule has 0 spiro atoms. The van der Waals surface area contributed by atoms with Crippen molar-refractivity contribution in [3.63, 3.8) is 0 Å². The van der Waals surface area contributed by atoms with Crippen LogP contribution in [-0.2, 0) is 52.3 Å². The van der Waals surface area contributed by atoms with E-state index in [0.717, 1.165) is 6.42 Å². The van der Waals surface area contributed by atoms with Crippen molar-refractivity contribution in [1.29, 1.82) is 0 Å². The molecule has 3 amide bonds. The van der Waals surface area contributed by atoms with Crippen LogP contribution in [0.3, 0.4) is 0 Å². The van der Waals surface area contributed by atoms with Crippen molar-refractivity contribution in [3.8, 4) is 0 Å². The molecular formula is C27H49BN4O14. The molecule has 0 saturated heterocycles. The smallest absolute Gasteiger partial charge is 0.407 e. The zero-order chi connectivity index (χ0) is 34.3. The lowest BCUT2D eigenvalue weighted by atomic mass is 10.0. The molecule has 18 nitrogen and oxygen atoms in total. The predicted molar refractivity (Wildman–Crippen MR) is 163 cm³/mol. The van der Waals surface area contributed by atoms with E-state index in [2.05, 4.69) is 16.0 Å². The molecule has 0 aliphatic carbocycles. The predicted octanol–water partition coefficient (Wildman–Crippen LogP) is -1.42. The Morgan fingerprint density at radius 3 is 1.39 bits per heavy atom. The number of carbonyl (C=O) groups excluding carboxylic acids is 6. The molecule has 0 saturated carbocycles. The van der Waals surface area contributed by atoms with E-state index in [1.54, 1.807) is 4.90 Å². The van der Waals surface area contributed by atoms with Crippen LogP contribution in [0.25, 0.3) is 0 Å². The average molecular weight is 665 g/mol. The van der Waals surface area contributed by atoms with Gasteiger partial charge in [0.05, 0.1) is 51.9 Å². The van der Waals surface area contributed by atoms with Crippen LogP contribution in [0.4, 0.5) is 14.4 Å². The third kappa shape index (κ3) is 29.1. The van der Waals surface area contributed by atoms with Gasteiger partial charge in [-0.05, 0) is 12.8 Å². The number of ether oxygens (including phenoxy) is 8. The molecule has 0 bridgehead atoms. The minimum Gasteiger partial charge on any atom is -0.463 e. The van der Waals surface area contributed by atoms with Crippen molar-refractivity contribution in [2.45, 2.75) is 26.7 Å². The van der Waals surface area contributed by atoms with Crippen molar-refractivity contribution in [2.75, 3.05) is 112 Å². The van der Waals surface area contributed by atoms with Gasteiger partial charge in [-0.25, -0.2) is 24.0 Å². The highest BCUT2D eigenvalue weighted by Gasteiger charge is 2.12. The van der Waals surface area contributed by atoms with Crippen LogP contribution in [0.1, 0.15) is 26.7 Å². The van der Waals surface area contributed by atoms with Gasteiger partial charge in [-0.2, -0.15) is 0 Å². The second kappa shape index (κ2) is 30.0. The van der Waals surface area contributed by atoms with Crippen LogP contribution >= 0.6 is 0 Å². The third-order valence-electron chi connectivity index (χ3n) is 5.11. The Labute approximate surface area is 270 Å². The van der Waals surface area contributed by atoms with E-state index in [-0.39, 0.29) is 71.4 Å². The molecule has 3 N–H and O–H groups in total. The molecule has 46 heavy (non-hydrogen) atoms. The topological polar surface area (TPSA) is 216 Å². The van der Waals surface area contributed by atoms with Crippen molar-refractivity contribution in [2.24, 2.45) is 0 Å². The molecule has 264 valence electrons. The van der Waals surface area contributed by atoms with E-state index in [1.165, 1.54) is 7.85 Å². The summed E-state index contributed by atoms with van der Waals surface area (Å²) in [5.74, 6) is -1.44. The van der Waals surface area contributed by atoms with Gasteiger partial charge in [-0.15, -0.1) is 0 Å². The van der Waals surface area contributed by atoms with Gasteiger partial charge in [0.2, 0.25) is 0 Å². The molecule has 0 aliphatic rings. The van der Waals surface area contributed by atoms with E-state index >= 15 is 0 Å². The number of nitrogens with one attached hydrogen (secondary N) is 3. The Bertz CT molecular complexity index is 883. The standard InChI is InChI=1S/C27H49BN4O14/c1-3-10-44-25(36)29-5-12-39-17-18-40-13-6-30-27(38)46-16-9-32(19-22(28)33)8-15-43-24(35)21-41-20-23(34)42-14-7-31-26(37)45-11-4-2/h3-21,28H2,1-2H3,(H,29,36)(H,30,38)(H,31,37). The largest absolute Gasteiger partial charge is 0.463 e. The highest BCUT2D eigenvalue weighted by Crippen LogP contribution is 1.93. The number of carbonyl (C=O) groups is 6. The lowest BCUT2D eigenvalue weighted by Crippen LogP contribution is -2.37. The number of esters is 2. The molecule has 0 radical (unpaired) electrons. The van der Waals surface area contributed by atoms with Crippen molar-refractivity contribution in [3.05, 3.63) is 0 Å². The fourth-order valence-corrected chi connectivity index (χ4v) is 3.07. The Kier molecular flexibility index (Phi) is 27.6. The van der Waals surface area contributed by atoms with Gasteiger partial charge in [0.1, 0.15) is 33.0 Å². The van der Waals surface area contributed by atoms with Crippen molar-refractivity contribution in [1.82, 2.24) is 20.9 Å². The Morgan fingerprint density at radius 2 is 0.935 bits per heavy atom. The summed E-state index contributed by atoms with van der Waals surface area (Å²) in [6, 6.07) is 0. The highest BCUT2D eigenvalue weighted by molar-refractivity contribution is 6.58. The summed E-state index contributed by atoms with van der Waals surface area (Å²) in [6.07, 6.45) is -0.308. The third-order valence-corrected chi connectivity index (χ3v) is 5.11. The van der Waals surface area contributed by atoms with Crippen molar-refractivity contribution < 1.29 is 66.7 Å². The maximum atomic E-state index is 11.9. The number of rotatable bonds is 28. The van der Waals surface area contributed by atoms with Crippen LogP contribution in [-0.4, -0.2) is 161 Å². The quantitative estimate of drug-likeness (QED) is 0.0379. The monoisotopic (exact) mass is 664 g/mol. The van der Waals surface area contributed by atoms with E-state index in [4.69, 9.17) is 37.9 Å². The first-order chi connectivity index (χ1) is 22.2. The summed E-state index contributed by atoms with van der Waals surface area (Å²) < 4.78 is 40.3.